The predicted octanol–water partition coefficient (Wildman–Crippen LogP) is 6.58. The number of para-hydroxylation sites is 2. The number of anilines is 2. The van der Waals surface area contributed by atoms with Gasteiger partial charge in [0.1, 0.15) is 10.9 Å². The van der Waals surface area contributed by atoms with Gasteiger partial charge in [0.15, 0.2) is 0 Å². The van der Waals surface area contributed by atoms with Crippen molar-refractivity contribution in [2.75, 3.05) is 10.6 Å². The molecule has 0 saturated carbocycles. The smallest absolute Gasteiger partial charge is 0.276 e. The van der Waals surface area contributed by atoms with E-state index in [0.717, 1.165) is 0 Å². The summed E-state index contributed by atoms with van der Waals surface area (Å²) in [6.07, 6.45) is 1.24. The van der Waals surface area contributed by atoms with Gasteiger partial charge >= 0.3 is 0 Å². The molecular formula is C37H29N5O6S. The van der Waals surface area contributed by atoms with Crippen molar-refractivity contribution in [3.63, 3.8) is 0 Å². The van der Waals surface area contributed by atoms with Gasteiger partial charge in [0.2, 0.25) is 5.91 Å². The molecule has 4 amide bonds. The summed E-state index contributed by atoms with van der Waals surface area (Å²) >= 11 is 1.21. The number of nitrogens with one attached hydrogen (secondary N) is 3. The molecule has 0 spiro atoms. The number of amides is 4. The van der Waals surface area contributed by atoms with Crippen LogP contribution >= 0.6 is 11.8 Å². The number of nitrogens with zero attached hydrogens (tertiary/aromatic N) is 1. The molecule has 12 heteroatoms. The van der Waals surface area contributed by atoms with E-state index >= 15 is 0 Å². The van der Waals surface area contributed by atoms with E-state index in [1.807, 2.05) is 6.07 Å². The van der Waals surface area contributed by atoms with Crippen LogP contribution in [0.5, 0.6) is 0 Å². The van der Waals surface area contributed by atoms with Gasteiger partial charge in [-0.25, -0.2) is 0 Å². The Kier molecular flexibility index (Phi) is 10.9. The lowest BCUT2D eigenvalue weighted by Gasteiger charge is -2.18. The first-order chi connectivity index (χ1) is 23.7. The Morgan fingerprint density at radius 2 is 1.41 bits per heavy atom. The van der Waals surface area contributed by atoms with Crippen molar-refractivity contribution < 1.29 is 24.1 Å². The number of nitrogens with two attached hydrogens (primary N) is 1. The number of rotatable bonds is 12. The normalized spacial score (nSPS) is 11.6. The third-order valence-electron chi connectivity index (χ3n) is 7.10. The number of hydrogen-bond acceptors (Lipinski definition) is 7. The van der Waals surface area contributed by atoms with Crippen LogP contribution in [0, 0.1) is 10.1 Å². The highest BCUT2D eigenvalue weighted by Gasteiger charge is 2.24. The average molecular weight is 672 g/mol. The predicted molar refractivity (Wildman–Crippen MR) is 189 cm³/mol. The maximum absolute atomic E-state index is 13.7. The second-order valence-electron chi connectivity index (χ2n) is 10.5. The standard InChI is InChI=1S/C37H29N5O6S/c38-34(43)29-19-8-9-20-30(29)40-37(46)33(24-12-3-1-4-13-24)49-28-18-11-17-27(23-28)39-36(45)31(41-35(44)25-14-5-2-6-15-25)22-26-16-7-10-21-32(26)42(47)48/h1-23,33H,(H2,38,43)(H,39,45)(H,40,46)(H,41,44)/b31-22+. The van der Waals surface area contributed by atoms with Crippen molar-refractivity contribution in [2.45, 2.75) is 10.1 Å². The highest BCUT2D eigenvalue weighted by atomic mass is 32.2. The van der Waals surface area contributed by atoms with Crippen molar-refractivity contribution in [3.05, 3.63) is 172 Å². The summed E-state index contributed by atoms with van der Waals surface area (Å²) in [6.45, 7) is 0. The molecule has 0 saturated heterocycles. The summed E-state index contributed by atoms with van der Waals surface area (Å²) in [5, 5.41) is 19.0. The van der Waals surface area contributed by atoms with Crippen molar-refractivity contribution >= 4 is 58.5 Å². The summed E-state index contributed by atoms with van der Waals surface area (Å²) in [6, 6.07) is 36.3. The summed E-state index contributed by atoms with van der Waals surface area (Å²) < 4.78 is 0. The highest BCUT2D eigenvalue weighted by molar-refractivity contribution is 8.00. The SMILES string of the molecule is NC(=O)c1ccccc1NC(=O)C(Sc1cccc(NC(=O)/C(=C\c2ccccc2[N+](=O)[O-])NC(=O)c2ccccc2)c1)c1ccccc1. The Bertz CT molecular complexity index is 2050. The van der Waals surface area contributed by atoms with E-state index in [0.29, 0.717) is 16.1 Å². The fraction of sp³-hybridized carbons (Fsp3) is 0.0270. The van der Waals surface area contributed by atoms with Crippen molar-refractivity contribution in [2.24, 2.45) is 5.73 Å². The zero-order valence-electron chi connectivity index (χ0n) is 25.7. The highest BCUT2D eigenvalue weighted by Crippen LogP contribution is 2.37. The Labute approximate surface area is 285 Å². The van der Waals surface area contributed by atoms with E-state index in [-0.39, 0.29) is 33.8 Å². The second kappa shape index (κ2) is 15.8. The minimum atomic E-state index is -0.771. The maximum Gasteiger partial charge on any atom is 0.276 e. The molecule has 5 aromatic carbocycles. The van der Waals surface area contributed by atoms with Crippen molar-refractivity contribution in [1.82, 2.24) is 5.32 Å². The van der Waals surface area contributed by atoms with Gasteiger partial charge in [-0.2, -0.15) is 0 Å². The summed E-state index contributed by atoms with van der Waals surface area (Å²) in [4.78, 5) is 64.0. The van der Waals surface area contributed by atoms with Crippen LogP contribution in [0.1, 0.15) is 37.1 Å². The van der Waals surface area contributed by atoms with E-state index in [9.17, 15) is 29.3 Å². The fourth-order valence-electron chi connectivity index (χ4n) is 4.76. The lowest BCUT2D eigenvalue weighted by Crippen LogP contribution is -2.30. The number of nitro benzene ring substituents is 1. The molecule has 1 unspecified atom stereocenters. The number of benzene rings is 5. The van der Waals surface area contributed by atoms with Crippen LogP contribution in [0.3, 0.4) is 0 Å². The molecule has 0 aliphatic carbocycles. The summed E-state index contributed by atoms with van der Waals surface area (Å²) in [7, 11) is 0. The number of nitro groups is 1. The molecule has 0 aliphatic rings. The first kappa shape index (κ1) is 33.8. The van der Waals surface area contributed by atoms with Gasteiger partial charge in [-0.1, -0.05) is 78.9 Å². The number of carbonyl (C=O) groups excluding carboxylic acids is 4. The van der Waals surface area contributed by atoms with Crippen molar-refractivity contribution in [1.29, 1.82) is 0 Å². The summed E-state index contributed by atoms with van der Waals surface area (Å²) in [5.74, 6) is -2.40. The molecule has 5 N–H and O–H groups in total. The van der Waals surface area contributed by atoms with Gasteiger partial charge in [0.05, 0.1) is 21.7 Å². The lowest BCUT2D eigenvalue weighted by molar-refractivity contribution is -0.385. The zero-order valence-corrected chi connectivity index (χ0v) is 26.6. The number of carbonyl (C=O) groups is 4. The van der Waals surface area contributed by atoms with Crippen LogP contribution in [0.15, 0.2) is 144 Å². The summed E-state index contributed by atoms with van der Waals surface area (Å²) in [5.41, 5.74) is 6.91. The Morgan fingerprint density at radius 3 is 2.12 bits per heavy atom. The quantitative estimate of drug-likeness (QED) is 0.0502. The monoisotopic (exact) mass is 671 g/mol. The first-order valence-electron chi connectivity index (χ1n) is 14.8. The Hall–Kier alpha value is -6.53. The van der Waals surface area contributed by atoms with Crippen LogP contribution in [-0.4, -0.2) is 28.6 Å². The van der Waals surface area contributed by atoms with Crippen molar-refractivity contribution in [3.8, 4) is 0 Å². The molecular weight excluding hydrogens is 643 g/mol. The van der Waals surface area contributed by atoms with Crippen LogP contribution in [0.25, 0.3) is 6.08 Å². The van der Waals surface area contributed by atoms with E-state index < -0.39 is 33.8 Å². The van der Waals surface area contributed by atoms with E-state index in [2.05, 4.69) is 16.0 Å². The third-order valence-corrected chi connectivity index (χ3v) is 8.35. The maximum atomic E-state index is 13.7. The minimum Gasteiger partial charge on any atom is -0.366 e. The van der Waals surface area contributed by atoms with Gasteiger partial charge in [-0.05, 0) is 60.2 Å². The molecule has 0 fully saturated rings. The van der Waals surface area contributed by atoms with Crippen LogP contribution in [-0.2, 0) is 9.59 Å². The van der Waals surface area contributed by atoms with Gasteiger partial charge in [-0.3, -0.25) is 29.3 Å². The number of hydrogen-bond donors (Lipinski definition) is 4. The zero-order chi connectivity index (χ0) is 34.8. The molecule has 11 nitrogen and oxygen atoms in total. The topological polar surface area (TPSA) is 174 Å². The molecule has 49 heavy (non-hydrogen) atoms. The Balaban J connectivity index is 1.42. The molecule has 0 aliphatic heterocycles. The largest absolute Gasteiger partial charge is 0.366 e. The van der Waals surface area contributed by atoms with E-state index in [1.165, 1.54) is 42.1 Å². The van der Waals surface area contributed by atoms with Gasteiger partial charge in [0.25, 0.3) is 23.4 Å². The Morgan fingerprint density at radius 1 is 0.755 bits per heavy atom. The molecule has 5 rings (SSSR count). The molecule has 0 heterocycles. The molecule has 0 radical (unpaired) electrons. The molecule has 5 aromatic rings. The second-order valence-corrected chi connectivity index (χ2v) is 11.7. The molecule has 0 aromatic heterocycles. The lowest BCUT2D eigenvalue weighted by atomic mass is 10.1. The minimum absolute atomic E-state index is 0.116. The molecule has 1 atom stereocenters. The number of primary amides is 1. The average Bonchev–Trinajstić information content (AvgIpc) is 3.11. The fourth-order valence-corrected chi connectivity index (χ4v) is 5.84. The van der Waals surface area contributed by atoms with E-state index in [1.54, 1.807) is 103 Å². The van der Waals surface area contributed by atoms with Crippen LogP contribution in [0.4, 0.5) is 17.1 Å². The van der Waals surface area contributed by atoms with Gasteiger partial charge < -0.3 is 21.7 Å². The molecule has 0 bridgehead atoms. The third kappa shape index (κ3) is 8.84. The van der Waals surface area contributed by atoms with Crippen LogP contribution in [0.2, 0.25) is 0 Å². The van der Waals surface area contributed by atoms with Crippen LogP contribution < -0.4 is 21.7 Å². The number of thioether (sulfide) groups is 1. The van der Waals surface area contributed by atoms with E-state index in [4.69, 9.17) is 5.73 Å². The first-order valence-corrected chi connectivity index (χ1v) is 15.7. The van der Waals surface area contributed by atoms with Gasteiger partial charge in [-0.15, -0.1) is 11.8 Å². The van der Waals surface area contributed by atoms with Gasteiger partial charge in [0, 0.05) is 22.2 Å². The molecule has 244 valence electrons.